The highest BCUT2D eigenvalue weighted by molar-refractivity contribution is 5.05. The average molecular weight is 363 g/mol. The van der Waals surface area contributed by atoms with Crippen molar-refractivity contribution < 1.29 is 9.47 Å². The SMILES string of the molecule is COCC1CC2(C1)CC(C1CC3(CCC(C)CC3)CCC1OC)[C@@H](C)C2. The summed E-state index contributed by atoms with van der Waals surface area (Å²) in [6, 6.07) is 0. The van der Waals surface area contributed by atoms with Crippen LogP contribution >= 0.6 is 0 Å². The van der Waals surface area contributed by atoms with E-state index in [9.17, 15) is 0 Å². The Morgan fingerprint density at radius 1 is 0.769 bits per heavy atom. The lowest BCUT2D eigenvalue weighted by Gasteiger charge is -2.50. The van der Waals surface area contributed by atoms with E-state index in [1.807, 2.05) is 14.2 Å². The summed E-state index contributed by atoms with van der Waals surface area (Å²) in [5.74, 6) is 4.40. The molecule has 0 aromatic carbocycles. The van der Waals surface area contributed by atoms with E-state index in [0.717, 1.165) is 36.2 Å². The summed E-state index contributed by atoms with van der Waals surface area (Å²) in [5, 5.41) is 0. The Morgan fingerprint density at radius 3 is 2.08 bits per heavy atom. The van der Waals surface area contributed by atoms with Gasteiger partial charge in [-0.3, -0.25) is 0 Å². The molecule has 4 atom stereocenters. The first-order valence-electron chi connectivity index (χ1n) is 11.5. The Hall–Kier alpha value is -0.0800. The molecule has 3 unspecified atom stereocenters. The van der Waals surface area contributed by atoms with Gasteiger partial charge in [-0.2, -0.15) is 0 Å². The Kier molecular flexibility index (Phi) is 5.47. The predicted molar refractivity (Wildman–Crippen MR) is 107 cm³/mol. The number of methoxy groups -OCH3 is 2. The second-order valence-corrected chi connectivity index (χ2v) is 11.1. The Labute approximate surface area is 161 Å². The molecule has 0 aromatic rings. The lowest BCUT2D eigenvalue weighted by Crippen LogP contribution is -2.44. The van der Waals surface area contributed by atoms with Gasteiger partial charge in [-0.1, -0.05) is 26.7 Å². The van der Waals surface area contributed by atoms with Crippen LogP contribution in [0.25, 0.3) is 0 Å². The zero-order valence-electron chi connectivity index (χ0n) is 17.8. The van der Waals surface area contributed by atoms with E-state index in [1.165, 1.54) is 70.6 Å². The molecule has 4 rings (SSSR count). The molecular formula is C24H42O2. The molecule has 4 saturated carbocycles. The summed E-state index contributed by atoms with van der Waals surface area (Å²) in [6.45, 7) is 5.99. The first-order chi connectivity index (χ1) is 12.5. The fourth-order valence-corrected chi connectivity index (χ4v) is 7.99. The van der Waals surface area contributed by atoms with Crippen LogP contribution in [-0.2, 0) is 9.47 Å². The van der Waals surface area contributed by atoms with Crippen molar-refractivity contribution >= 4 is 0 Å². The van der Waals surface area contributed by atoms with Crippen molar-refractivity contribution in [1.29, 1.82) is 0 Å². The van der Waals surface area contributed by atoms with E-state index in [-0.39, 0.29) is 0 Å². The number of hydrogen-bond donors (Lipinski definition) is 0. The van der Waals surface area contributed by atoms with Crippen molar-refractivity contribution in [3.8, 4) is 0 Å². The maximum atomic E-state index is 6.08. The topological polar surface area (TPSA) is 18.5 Å². The minimum absolute atomic E-state index is 0.525. The van der Waals surface area contributed by atoms with Crippen LogP contribution in [0.4, 0.5) is 0 Å². The molecule has 0 N–H and O–H groups in total. The third-order valence-electron chi connectivity index (χ3n) is 9.29. The summed E-state index contributed by atoms with van der Waals surface area (Å²) < 4.78 is 11.5. The Morgan fingerprint density at radius 2 is 1.42 bits per heavy atom. The molecule has 2 spiro atoms. The second kappa shape index (κ2) is 7.39. The van der Waals surface area contributed by atoms with Gasteiger partial charge < -0.3 is 9.47 Å². The highest BCUT2D eigenvalue weighted by Crippen LogP contribution is 2.63. The van der Waals surface area contributed by atoms with Crippen molar-refractivity contribution in [1.82, 2.24) is 0 Å². The third-order valence-corrected chi connectivity index (χ3v) is 9.29. The molecule has 26 heavy (non-hydrogen) atoms. The van der Waals surface area contributed by atoms with Crippen molar-refractivity contribution in [3.63, 3.8) is 0 Å². The molecule has 4 aliphatic rings. The van der Waals surface area contributed by atoms with Gasteiger partial charge in [-0.15, -0.1) is 0 Å². The molecule has 4 fully saturated rings. The van der Waals surface area contributed by atoms with Gasteiger partial charge in [-0.05, 0) is 98.2 Å². The minimum Gasteiger partial charge on any atom is -0.384 e. The zero-order valence-corrected chi connectivity index (χ0v) is 17.8. The summed E-state index contributed by atoms with van der Waals surface area (Å²) >= 11 is 0. The predicted octanol–water partition coefficient (Wildman–Crippen LogP) is 6.09. The van der Waals surface area contributed by atoms with Gasteiger partial charge in [0.05, 0.1) is 6.10 Å². The number of hydrogen-bond acceptors (Lipinski definition) is 2. The molecule has 0 bridgehead atoms. The van der Waals surface area contributed by atoms with Gasteiger partial charge in [0.2, 0.25) is 0 Å². The van der Waals surface area contributed by atoms with Gasteiger partial charge in [0.1, 0.15) is 0 Å². The largest absolute Gasteiger partial charge is 0.384 e. The fourth-order valence-electron chi connectivity index (χ4n) is 7.99. The summed E-state index contributed by atoms with van der Waals surface area (Å²) in [7, 11) is 3.84. The van der Waals surface area contributed by atoms with Gasteiger partial charge in [0.15, 0.2) is 0 Å². The van der Waals surface area contributed by atoms with E-state index in [4.69, 9.17) is 9.47 Å². The quantitative estimate of drug-likeness (QED) is 0.603. The van der Waals surface area contributed by atoms with E-state index < -0.39 is 0 Å². The van der Waals surface area contributed by atoms with E-state index >= 15 is 0 Å². The Bertz CT molecular complexity index is 473. The third kappa shape index (κ3) is 3.50. The molecule has 0 heterocycles. The number of ether oxygens (including phenoxy) is 2. The molecule has 4 aliphatic carbocycles. The van der Waals surface area contributed by atoms with E-state index in [1.54, 1.807) is 0 Å². The van der Waals surface area contributed by atoms with Gasteiger partial charge in [0.25, 0.3) is 0 Å². The van der Waals surface area contributed by atoms with Gasteiger partial charge in [-0.25, -0.2) is 0 Å². The lowest BCUT2D eigenvalue weighted by molar-refractivity contribution is -0.0676. The minimum atomic E-state index is 0.525. The number of rotatable bonds is 4. The van der Waals surface area contributed by atoms with E-state index in [2.05, 4.69) is 13.8 Å². The highest BCUT2D eigenvalue weighted by Gasteiger charge is 2.55. The fraction of sp³-hybridized carbons (Fsp3) is 1.00. The lowest BCUT2D eigenvalue weighted by atomic mass is 9.56. The molecule has 150 valence electrons. The first kappa shape index (κ1) is 19.2. The first-order valence-corrected chi connectivity index (χ1v) is 11.5. The van der Waals surface area contributed by atoms with Crippen LogP contribution in [0.5, 0.6) is 0 Å². The normalized spacial score (nSPS) is 51.7. The smallest absolute Gasteiger partial charge is 0.0602 e. The molecule has 0 saturated heterocycles. The van der Waals surface area contributed by atoms with Gasteiger partial charge >= 0.3 is 0 Å². The van der Waals surface area contributed by atoms with Crippen LogP contribution in [0, 0.1) is 40.4 Å². The van der Waals surface area contributed by atoms with Crippen molar-refractivity contribution in [2.45, 2.75) is 90.6 Å². The van der Waals surface area contributed by atoms with E-state index in [0.29, 0.717) is 16.9 Å². The molecule has 2 nitrogen and oxygen atoms in total. The zero-order chi connectivity index (χ0) is 18.4. The second-order valence-electron chi connectivity index (χ2n) is 11.1. The summed E-state index contributed by atoms with van der Waals surface area (Å²) in [6.07, 6.45) is 16.4. The monoisotopic (exact) mass is 362 g/mol. The molecule has 0 amide bonds. The molecular weight excluding hydrogens is 320 g/mol. The maximum absolute atomic E-state index is 6.08. The van der Waals surface area contributed by atoms with Crippen molar-refractivity contribution in [2.75, 3.05) is 20.8 Å². The Balaban J connectivity index is 1.44. The molecule has 0 aromatic heterocycles. The van der Waals surface area contributed by atoms with Crippen LogP contribution < -0.4 is 0 Å². The molecule has 0 radical (unpaired) electrons. The van der Waals surface area contributed by atoms with Crippen LogP contribution in [0.15, 0.2) is 0 Å². The van der Waals surface area contributed by atoms with Gasteiger partial charge in [0, 0.05) is 20.8 Å². The maximum Gasteiger partial charge on any atom is 0.0602 e. The van der Waals surface area contributed by atoms with Crippen molar-refractivity contribution in [3.05, 3.63) is 0 Å². The highest BCUT2D eigenvalue weighted by atomic mass is 16.5. The van der Waals surface area contributed by atoms with Crippen LogP contribution in [0.2, 0.25) is 0 Å². The van der Waals surface area contributed by atoms with Crippen molar-refractivity contribution in [2.24, 2.45) is 40.4 Å². The van der Waals surface area contributed by atoms with Crippen LogP contribution in [0.1, 0.15) is 84.5 Å². The molecule has 0 aliphatic heterocycles. The molecule has 2 heteroatoms. The van der Waals surface area contributed by atoms with Crippen LogP contribution in [-0.4, -0.2) is 26.9 Å². The van der Waals surface area contributed by atoms with Crippen LogP contribution in [0.3, 0.4) is 0 Å². The standard InChI is InChI=1S/C24H42O2/c1-17-5-8-23(9-6-17)10-7-22(26-4)21(15-23)20-14-24(11-18(20)2)12-19(13-24)16-25-3/h17-22H,5-16H2,1-4H3/t17?,18-,19?,20?,21?,22?,23?,24?/m0/s1. The summed E-state index contributed by atoms with van der Waals surface area (Å²) in [4.78, 5) is 0. The summed E-state index contributed by atoms with van der Waals surface area (Å²) in [5.41, 5.74) is 1.33. The average Bonchev–Trinajstić information content (AvgIpc) is 2.95.